The minimum absolute atomic E-state index is 0.227. The highest BCUT2D eigenvalue weighted by Crippen LogP contribution is 2.09. The summed E-state index contributed by atoms with van der Waals surface area (Å²) in [5, 5.41) is 10.2. The van der Waals surface area contributed by atoms with Crippen molar-refractivity contribution in [3.63, 3.8) is 0 Å². The maximum Gasteiger partial charge on any atom is 0.123 e. The smallest absolute Gasteiger partial charge is 0.123 e. The van der Waals surface area contributed by atoms with Gasteiger partial charge >= 0.3 is 0 Å². The molecule has 24 heavy (non-hydrogen) atoms. The van der Waals surface area contributed by atoms with Crippen molar-refractivity contribution in [2.45, 2.75) is 32.6 Å². The molecule has 3 nitrogen and oxygen atoms in total. The van der Waals surface area contributed by atoms with Crippen molar-refractivity contribution in [2.24, 2.45) is 0 Å². The van der Waals surface area contributed by atoms with E-state index in [4.69, 9.17) is 4.74 Å². The fourth-order valence-electron chi connectivity index (χ4n) is 2.64. The van der Waals surface area contributed by atoms with E-state index in [0.717, 1.165) is 24.1 Å². The molecule has 0 bridgehead atoms. The van der Waals surface area contributed by atoms with Gasteiger partial charge in [-0.2, -0.15) is 0 Å². The van der Waals surface area contributed by atoms with E-state index >= 15 is 0 Å². The Morgan fingerprint density at radius 1 is 1.04 bits per heavy atom. The largest absolute Gasteiger partial charge is 0.389 e. The van der Waals surface area contributed by atoms with E-state index in [0.29, 0.717) is 26.3 Å². The van der Waals surface area contributed by atoms with Crippen LogP contribution < -0.4 is 0 Å². The second-order valence-corrected chi connectivity index (χ2v) is 6.02. The Hall–Kier alpha value is -1.75. The van der Waals surface area contributed by atoms with Gasteiger partial charge in [0.25, 0.3) is 0 Å². The second-order valence-electron chi connectivity index (χ2n) is 6.02. The number of aliphatic hydroxyl groups excluding tert-OH is 1. The summed E-state index contributed by atoms with van der Waals surface area (Å²) in [5.74, 6) is -0.227. The molecule has 2 aromatic carbocycles. The van der Waals surface area contributed by atoms with E-state index in [2.05, 4.69) is 11.8 Å². The third kappa shape index (κ3) is 6.79. The molecule has 0 fully saturated rings. The molecule has 2 rings (SSSR count). The van der Waals surface area contributed by atoms with E-state index in [1.807, 2.05) is 30.3 Å². The molecule has 0 amide bonds. The number of hydrogen-bond acceptors (Lipinski definition) is 3. The Bertz CT molecular complexity index is 574. The highest BCUT2D eigenvalue weighted by molar-refractivity contribution is 5.16. The molecule has 1 atom stereocenters. The maximum absolute atomic E-state index is 13.0. The van der Waals surface area contributed by atoms with Crippen LogP contribution in [0.15, 0.2) is 54.6 Å². The lowest BCUT2D eigenvalue weighted by atomic mass is 10.2. The number of benzene rings is 2. The fourth-order valence-corrected chi connectivity index (χ4v) is 2.64. The zero-order valence-electron chi connectivity index (χ0n) is 14.2. The zero-order valence-corrected chi connectivity index (χ0v) is 14.2. The molecule has 0 saturated carbocycles. The van der Waals surface area contributed by atoms with Crippen LogP contribution in [0.1, 0.15) is 24.5 Å². The second kappa shape index (κ2) is 10.2. The van der Waals surface area contributed by atoms with E-state index in [-0.39, 0.29) is 5.82 Å². The highest BCUT2D eigenvalue weighted by Gasteiger charge is 2.12. The SMILES string of the molecule is CCCN(Cc1ccc(F)cc1)CC(O)COCc1ccccc1. The predicted molar refractivity (Wildman–Crippen MR) is 94.1 cm³/mol. The van der Waals surface area contributed by atoms with Gasteiger partial charge in [-0.05, 0) is 36.2 Å². The quantitative estimate of drug-likeness (QED) is 0.722. The van der Waals surface area contributed by atoms with Crippen LogP contribution in [0.4, 0.5) is 4.39 Å². The molecule has 0 aliphatic carbocycles. The Balaban J connectivity index is 1.77. The summed E-state index contributed by atoms with van der Waals surface area (Å²) in [6, 6.07) is 16.4. The van der Waals surface area contributed by atoms with E-state index in [1.165, 1.54) is 12.1 Å². The first-order chi connectivity index (χ1) is 11.7. The monoisotopic (exact) mass is 331 g/mol. The lowest BCUT2D eigenvalue weighted by molar-refractivity contribution is 0.00856. The topological polar surface area (TPSA) is 32.7 Å². The normalized spacial score (nSPS) is 12.5. The molecule has 130 valence electrons. The average molecular weight is 331 g/mol. The maximum atomic E-state index is 13.0. The number of rotatable bonds is 10. The minimum Gasteiger partial charge on any atom is -0.389 e. The van der Waals surface area contributed by atoms with Gasteiger partial charge in [-0.3, -0.25) is 4.90 Å². The van der Waals surface area contributed by atoms with Crippen molar-refractivity contribution in [2.75, 3.05) is 19.7 Å². The lowest BCUT2D eigenvalue weighted by Gasteiger charge is -2.24. The van der Waals surface area contributed by atoms with Gasteiger partial charge in [0, 0.05) is 13.1 Å². The van der Waals surface area contributed by atoms with Crippen LogP contribution in [0.3, 0.4) is 0 Å². The molecule has 2 aromatic rings. The first-order valence-corrected chi connectivity index (χ1v) is 8.44. The molecule has 4 heteroatoms. The summed E-state index contributed by atoms with van der Waals surface area (Å²) in [6.45, 7) is 5.04. The van der Waals surface area contributed by atoms with Gasteiger partial charge in [0.05, 0.1) is 19.3 Å². The summed E-state index contributed by atoms with van der Waals surface area (Å²) in [4.78, 5) is 2.17. The number of ether oxygens (including phenoxy) is 1. The van der Waals surface area contributed by atoms with Gasteiger partial charge in [-0.1, -0.05) is 49.4 Å². The van der Waals surface area contributed by atoms with Gasteiger partial charge in [-0.15, -0.1) is 0 Å². The summed E-state index contributed by atoms with van der Waals surface area (Å²) in [7, 11) is 0. The molecule has 0 aliphatic heterocycles. The molecular formula is C20H26FNO2. The minimum atomic E-state index is -0.541. The molecule has 0 radical (unpaired) electrons. The van der Waals surface area contributed by atoms with Crippen molar-refractivity contribution in [1.29, 1.82) is 0 Å². The molecule has 1 unspecified atom stereocenters. The predicted octanol–water partition coefficient (Wildman–Crippen LogP) is 3.62. The number of hydrogen-bond donors (Lipinski definition) is 1. The van der Waals surface area contributed by atoms with E-state index in [9.17, 15) is 9.50 Å². The molecule has 0 heterocycles. The van der Waals surface area contributed by atoms with Crippen LogP contribution in [0.5, 0.6) is 0 Å². The highest BCUT2D eigenvalue weighted by atomic mass is 19.1. The van der Waals surface area contributed by atoms with Gasteiger partial charge in [0.15, 0.2) is 0 Å². The fraction of sp³-hybridized carbons (Fsp3) is 0.400. The van der Waals surface area contributed by atoms with Crippen LogP contribution in [-0.2, 0) is 17.9 Å². The summed E-state index contributed by atoms with van der Waals surface area (Å²) >= 11 is 0. The van der Waals surface area contributed by atoms with E-state index in [1.54, 1.807) is 12.1 Å². The summed E-state index contributed by atoms with van der Waals surface area (Å²) in [6.07, 6.45) is 0.458. The Morgan fingerprint density at radius 3 is 2.42 bits per heavy atom. The standard InChI is InChI=1S/C20H26FNO2/c1-2-12-22(13-17-8-10-19(21)11-9-17)14-20(23)16-24-15-18-6-4-3-5-7-18/h3-11,20,23H,2,12-16H2,1H3. The van der Waals surface area contributed by atoms with Crippen molar-refractivity contribution >= 4 is 0 Å². The molecule has 0 aromatic heterocycles. The molecule has 0 saturated heterocycles. The van der Waals surface area contributed by atoms with Gasteiger partial charge < -0.3 is 9.84 Å². The van der Waals surface area contributed by atoms with Crippen LogP contribution in [0.25, 0.3) is 0 Å². The zero-order chi connectivity index (χ0) is 17.2. The third-order valence-corrected chi connectivity index (χ3v) is 3.75. The van der Waals surface area contributed by atoms with Crippen molar-refractivity contribution < 1.29 is 14.2 Å². The molecular weight excluding hydrogens is 305 g/mol. The van der Waals surface area contributed by atoms with E-state index < -0.39 is 6.10 Å². The molecule has 0 spiro atoms. The third-order valence-electron chi connectivity index (χ3n) is 3.75. The average Bonchev–Trinajstić information content (AvgIpc) is 2.58. The first-order valence-electron chi connectivity index (χ1n) is 8.44. The van der Waals surface area contributed by atoms with Crippen molar-refractivity contribution in [1.82, 2.24) is 4.90 Å². The number of nitrogens with zero attached hydrogens (tertiary/aromatic N) is 1. The first kappa shape index (κ1) is 18.6. The lowest BCUT2D eigenvalue weighted by Crippen LogP contribution is -2.35. The number of halogens is 1. The molecule has 1 N–H and O–H groups in total. The summed E-state index contributed by atoms with van der Waals surface area (Å²) in [5.41, 5.74) is 2.14. The van der Waals surface area contributed by atoms with Crippen LogP contribution in [-0.4, -0.2) is 35.8 Å². The van der Waals surface area contributed by atoms with Crippen molar-refractivity contribution in [3.8, 4) is 0 Å². The van der Waals surface area contributed by atoms with Crippen LogP contribution in [0.2, 0.25) is 0 Å². The Morgan fingerprint density at radius 2 is 1.75 bits per heavy atom. The Labute approximate surface area is 143 Å². The van der Waals surface area contributed by atoms with Crippen molar-refractivity contribution in [3.05, 3.63) is 71.5 Å². The van der Waals surface area contributed by atoms with Gasteiger partial charge in [0.2, 0.25) is 0 Å². The van der Waals surface area contributed by atoms with Crippen LogP contribution in [0, 0.1) is 5.82 Å². The van der Waals surface area contributed by atoms with Crippen LogP contribution >= 0.6 is 0 Å². The van der Waals surface area contributed by atoms with Gasteiger partial charge in [0.1, 0.15) is 5.82 Å². The molecule has 0 aliphatic rings. The summed E-state index contributed by atoms with van der Waals surface area (Å²) < 4.78 is 18.6. The Kier molecular flexibility index (Phi) is 7.89. The van der Waals surface area contributed by atoms with Gasteiger partial charge in [-0.25, -0.2) is 4.39 Å². The number of aliphatic hydroxyl groups is 1.